The first-order chi connectivity index (χ1) is 7.54. The Hall–Kier alpha value is -2.04. The van der Waals surface area contributed by atoms with Gasteiger partial charge in [-0.1, -0.05) is 13.2 Å². The monoisotopic (exact) mass is 221 g/mol. The largest absolute Gasteiger partial charge is 0.478 e. The molecule has 0 fully saturated rings. The zero-order chi connectivity index (χ0) is 11.9. The van der Waals surface area contributed by atoms with Crippen molar-refractivity contribution in [3.63, 3.8) is 0 Å². The molecule has 5 heteroatoms. The molecule has 1 aliphatic rings. The lowest BCUT2D eigenvalue weighted by Gasteiger charge is -2.21. The summed E-state index contributed by atoms with van der Waals surface area (Å²) in [4.78, 5) is 22.7. The SMILES string of the molecule is C=c1c(=O)c(C(=O)O)c2n(c1=C)CCCO2. The number of carboxylic acid groups (broad SMARTS) is 1. The van der Waals surface area contributed by atoms with E-state index < -0.39 is 11.4 Å². The van der Waals surface area contributed by atoms with Gasteiger partial charge in [-0.15, -0.1) is 0 Å². The lowest BCUT2D eigenvalue weighted by atomic mass is 10.2. The third kappa shape index (κ3) is 1.32. The second-order valence-electron chi connectivity index (χ2n) is 3.59. The molecule has 0 bridgehead atoms. The van der Waals surface area contributed by atoms with Crippen LogP contribution in [0.3, 0.4) is 0 Å². The number of carbonyl (C=O) groups is 1. The molecule has 1 N–H and O–H groups in total. The fourth-order valence-electron chi connectivity index (χ4n) is 1.77. The molecule has 2 rings (SSSR count). The van der Waals surface area contributed by atoms with Crippen LogP contribution in [0.15, 0.2) is 4.79 Å². The van der Waals surface area contributed by atoms with E-state index in [1.54, 1.807) is 4.57 Å². The van der Waals surface area contributed by atoms with Gasteiger partial charge in [0, 0.05) is 17.1 Å². The molecule has 0 saturated carbocycles. The highest BCUT2D eigenvalue weighted by atomic mass is 16.5. The van der Waals surface area contributed by atoms with Crippen molar-refractivity contribution in [1.82, 2.24) is 4.57 Å². The Morgan fingerprint density at radius 1 is 1.44 bits per heavy atom. The van der Waals surface area contributed by atoms with E-state index >= 15 is 0 Å². The summed E-state index contributed by atoms with van der Waals surface area (Å²) >= 11 is 0. The Morgan fingerprint density at radius 2 is 2.12 bits per heavy atom. The van der Waals surface area contributed by atoms with E-state index in [9.17, 15) is 9.59 Å². The fourth-order valence-corrected chi connectivity index (χ4v) is 1.77. The number of ether oxygens (including phenoxy) is 1. The summed E-state index contributed by atoms with van der Waals surface area (Å²) in [6, 6.07) is 0. The van der Waals surface area contributed by atoms with Crippen molar-refractivity contribution in [2.75, 3.05) is 6.61 Å². The quantitative estimate of drug-likeness (QED) is 0.670. The van der Waals surface area contributed by atoms with Gasteiger partial charge in [0.05, 0.1) is 6.61 Å². The van der Waals surface area contributed by atoms with Gasteiger partial charge in [-0.05, 0) is 6.42 Å². The van der Waals surface area contributed by atoms with Crippen molar-refractivity contribution in [2.45, 2.75) is 13.0 Å². The van der Waals surface area contributed by atoms with Gasteiger partial charge in [-0.3, -0.25) is 4.79 Å². The molecule has 0 aliphatic carbocycles. The molecule has 1 aromatic heterocycles. The molecule has 0 radical (unpaired) electrons. The fraction of sp³-hybridized carbons (Fsp3) is 0.273. The smallest absolute Gasteiger partial charge is 0.345 e. The highest BCUT2D eigenvalue weighted by Gasteiger charge is 2.23. The van der Waals surface area contributed by atoms with Crippen LogP contribution >= 0.6 is 0 Å². The highest BCUT2D eigenvalue weighted by molar-refractivity contribution is 5.90. The maximum Gasteiger partial charge on any atom is 0.345 e. The Bertz CT molecular complexity index is 614. The van der Waals surface area contributed by atoms with Crippen LogP contribution in [0.25, 0.3) is 13.2 Å². The zero-order valence-electron chi connectivity index (χ0n) is 8.65. The molecule has 1 aliphatic heterocycles. The maximum atomic E-state index is 11.7. The molecule has 0 atom stereocenters. The summed E-state index contributed by atoms with van der Waals surface area (Å²) in [6.07, 6.45) is 0.761. The predicted octanol–water partition coefficient (Wildman–Crippen LogP) is -0.850. The minimum absolute atomic E-state index is 0.0983. The van der Waals surface area contributed by atoms with Crippen molar-refractivity contribution in [3.8, 4) is 5.88 Å². The Morgan fingerprint density at radius 3 is 2.75 bits per heavy atom. The molecule has 5 nitrogen and oxygen atoms in total. The molecule has 16 heavy (non-hydrogen) atoms. The first-order valence-corrected chi connectivity index (χ1v) is 4.85. The van der Waals surface area contributed by atoms with Crippen LogP contribution in [0.4, 0.5) is 0 Å². The summed E-state index contributed by atoms with van der Waals surface area (Å²) < 4.78 is 6.84. The summed E-state index contributed by atoms with van der Waals surface area (Å²) in [6.45, 7) is 8.29. The van der Waals surface area contributed by atoms with E-state index in [1.165, 1.54) is 0 Å². The Labute approximate surface area is 90.9 Å². The lowest BCUT2D eigenvalue weighted by Crippen LogP contribution is -2.48. The number of hydrogen-bond donors (Lipinski definition) is 1. The molecule has 0 aromatic carbocycles. The van der Waals surface area contributed by atoms with Gasteiger partial charge in [0.15, 0.2) is 5.56 Å². The third-order valence-electron chi connectivity index (χ3n) is 2.61. The molecule has 0 amide bonds. The van der Waals surface area contributed by atoms with Gasteiger partial charge < -0.3 is 14.4 Å². The molecule has 0 saturated heterocycles. The first kappa shape index (κ1) is 10.5. The van der Waals surface area contributed by atoms with E-state index in [0.29, 0.717) is 18.5 Å². The molecular formula is C11H11NO4. The van der Waals surface area contributed by atoms with E-state index in [4.69, 9.17) is 9.84 Å². The summed E-state index contributed by atoms with van der Waals surface area (Å²) in [7, 11) is 0. The molecular weight excluding hydrogens is 210 g/mol. The maximum absolute atomic E-state index is 11.7. The zero-order valence-corrected chi connectivity index (χ0v) is 8.65. The van der Waals surface area contributed by atoms with Crippen molar-refractivity contribution in [2.24, 2.45) is 0 Å². The molecule has 1 aromatic rings. The summed E-state index contributed by atoms with van der Waals surface area (Å²) in [5, 5.41) is 9.53. The van der Waals surface area contributed by atoms with Gasteiger partial charge in [0.1, 0.15) is 0 Å². The second kappa shape index (κ2) is 3.52. The normalized spacial score (nSPS) is 14.0. The van der Waals surface area contributed by atoms with E-state index in [2.05, 4.69) is 13.2 Å². The summed E-state index contributed by atoms with van der Waals surface area (Å²) in [5.41, 5.74) is -0.970. The van der Waals surface area contributed by atoms with Crippen molar-refractivity contribution >= 4 is 19.1 Å². The number of nitrogens with zero attached hydrogens (tertiary/aromatic N) is 1. The molecule has 2 heterocycles. The van der Waals surface area contributed by atoms with Crippen molar-refractivity contribution < 1.29 is 14.6 Å². The third-order valence-corrected chi connectivity index (χ3v) is 2.61. The Balaban J connectivity index is 2.95. The van der Waals surface area contributed by atoms with Crippen LogP contribution in [0.1, 0.15) is 16.8 Å². The molecule has 0 spiro atoms. The second-order valence-corrected chi connectivity index (χ2v) is 3.59. The van der Waals surface area contributed by atoms with E-state index in [0.717, 1.165) is 6.42 Å². The average molecular weight is 221 g/mol. The van der Waals surface area contributed by atoms with Gasteiger partial charge >= 0.3 is 5.97 Å². The molecule has 0 unspecified atom stereocenters. The minimum Gasteiger partial charge on any atom is -0.478 e. The van der Waals surface area contributed by atoms with Gasteiger partial charge in [0.25, 0.3) is 0 Å². The Kier molecular flexibility index (Phi) is 2.30. The number of carboxylic acids is 1. The van der Waals surface area contributed by atoms with Crippen LogP contribution in [0.2, 0.25) is 0 Å². The number of aromatic nitrogens is 1. The van der Waals surface area contributed by atoms with E-state index in [1.807, 2.05) is 0 Å². The van der Waals surface area contributed by atoms with Crippen LogP contribution < -0.4 is 20.7 Å². The average Bonchev–Trinajstić information content (AvgIpc) is 2.26. The first-order valence-electron chi connectivity index (χ1n) is 4.85. The summed E-state index contributed by atoms with van der Waals surface area (Å²) in [5.74, 6) is -1.19. The number of rotatable bonds is 1. The lowest BCUT2D eigenvalue weighted by molar-refractivity contribution is 0.0685. The van der Waals surface area contributed by atoms with E-state index in [-0.39, 0.29) is 16.7 Å². The number of fused-ring (bicyclic) bond motifs is 1. The predicted molar refractivity (Wildman–Crippen MR) is 58.1 cm³/mol. The minimum atomic E-state index is -1.29. The van der Waals surface area contributed by atoms with Gasteiger partial charge in [-0.2, -0.15) is 0 Å². The molecule has 84 valence electrons. The number of hydrogen-bond acceptors (Lipinski definition) is 3. The van der Waals surface area contributed by atoms with Crippen molar-refractivity contribution in [3.05, 3.63) is 26.4 Å². The van der Waals surface area contributed by atoms with Crippen LogP contribution in [-0.2, 0) is 6.54 Å². The van der Waals surface area contributed by atoms with Crippen molar-refractivity contribution in [1.29, 1.82) is 0 Å². The number of pyridine rings is 1. The topological polar surface area (TPSA) is 68.5 Å². The van der Waals surface area contributed by atoms with Crippen LogP contribution in [-0.4, -0.2) is 22.2 Å². The van der Waals surface area contributed by atoms with Gasteiger partial charge in [0.2, 0.25) is 11.3 Å². The van der Waals surface area contributed by atoms with Crippen LogP contribution in [0, 0.1) is 0 Å². The standard InChI is InChI=1S/C11H11NO4/c1-6-7(2)12-4-3-5-16-10(12)8(9(6)13)11(14)15/h1-5H2,(H,14,15). The highest BCUT2D eigenvalue weighted by Crippen LogP contribution is 2.16. The van der Waals surface area contributed by atoms with Gasteiger partial charge in [-0.25, -0.2) is 4.79 Å². The number of aromatic carboxylic acids is 1. The van der Waals surface area contributed by atoms with Crippen LogP contribution in [0.5, 0.6) is 5.88 Å².